The van der Waals surface area contributed by atoms with E-state index in [2.05, 4.69) is 169 Å². The Kier molecular flexibility index (Phi) is 6.17. The number of benzene rings is 8. The lowest BCUT2D eigenvalue weighted by Gasteiger charge is -2.26. The molecule has 2 heteroatoms. The molecule has 0 bridgehead atoms. The molecule has 8 aromatic carbocycles. The average molecular weight is 588 g/mol. The van der Waals surface area contributed by atoms with Gasteiger partial charge in [0.15, 0.2) is 0 Å². The van der Waals surface area contributed by atoms with Gasteiger partial charge in [-0.2, -0.15) is 0 Å². The van der Waals surface area contributed by atoms with Crippen molar-refractivity contribution in [3.63, 3.8) is 0 Å². The number of nitrogens with zero attached hydrogens (tertiary/aromatic N) is 1. The fourth-order valence-electron chi connectivity index (χ4n) is 6.76. The van der Waals surface area contributed by atoms with Gasteiger partial charge in [0.1, 0.15) is 11.2 Å². The first kappa shape index (κ1) is 26.3. The van der Waals surface area contributed by atoms with Gasteiger partial charge in [-0.1, -0.05) is 121 Å². The Balaban J connectivity index is 1.17. The summed E-state index contributed by atoms with van der Waals surface area (Å²) in [6.07, 6.45) is 0. The number of anilines is 3. The highest BCUT2D eigenvalue weighted by molar-refractivity contribution is 6.06. The highest BCUT2D eigenvalue weighted by atomic mass is 16.3. The van der Waals surface area contributed by atoms with Crippen LogP contribution in [0.1, 0.15) is 0 Å². The zero-order chi connectivity index (χ0) is 30.5. The molecular weight excluding hydrogens is 558 g/mol. The fourth-order valence-corrected chi connectivity index (χ4v) is 6.76. The second-order valence-corrected chi connectivity index (χ2v) is 11.8. The number of furan rings is 1. The van der Waals surface area contributed by atoms with Crippen molar-refractivity contribution in [1.29, 1.82) is 0 Å². The standard InChI is InChI=1S/C44H29NO/c1-2-11-33-27-38(25-19-30(33)9-1)45(36-23-20-32(21-24-36)40-17-8-12-31-10-3-4-15-39(31)40)37-14-7-13-34(28-37)35-22-26-44-42(29-35)41-16-5-6-18-43(41)46-44/h1-29H. The summed E-state index contributed by atoms with van der Waals surface area (Å²) in [5, 5.41) is 7.23. The van der Waals surface area contributed by atoms with E-state index in [1.165, 1.54) is 32.7 Å². The molecule has 0 saturated heterocycles. The molecule has 0 amide bonds. The number of hydrogen-bond acceptors (Lipinski definition) is 2. The third kappa shape index (κ3) is 4.51. The molecule has 0 unspecified atom stereocenters. The lowest BCUT2D eigenvalue weighted by molar-refractivity contribution is 0.669. The molecule has 1 heterocycles. The van der Waals surface area contributed by atoms with E-state index < -0.39 is 0 Å². The lowest BCUT2D eigenvalue weighted by atomic mass is 9.98. The SMILES string of the molecule is c1cc(-c2ccc3oc4ccccc4c3c2)cc(N(c2ccc(-c3cccc4ccccc34)cc2)c2ccc3ccccc3c2)c1. The molecule has 0 atom stereocenters. The number of para-hydroxylation sites is 1. The molecule has 1 aromatic heterocycles. The summed E-state index contributed by atoms with van der Waals surface area (Å²) in [5.74, 6) is 0. The summed E-state index contributed by atoms with van der Waals surface area (Å²) in [4.78, 5) is 2.36. The Bertz CT molecular complexity index is 2530. The van der Waals surface area contributed by atoms with Crippen LogP contribution < -0.4 is 4.90 Å². The average Bonchev–Trinajstić information content (AvgIpc) is 3.50. The highest BCUT2D eigenvalue weighted by Crippen LogP contribution is 2.40. The monoisotopic (exact) mass is 587 g/mol. The van der Waals surface area contributed by atoms with Gasteiger partial charge in [0, 0.05) is 27.8 Å². The van der Waals surface area contributed by atoms with Crippen LogP contribution in [0.2, 0.25) is 0 Å². The topological polar surface area (TPSA) is 16.4 Å². The van der Waals surface area contributed by atoms with Crippen molar-refractivity contribution in [3.8, 4) is 22.3 Å². The van der Waals surface area contributed by atoms with Crippen LogP contribution in [0.5, 0.6) is 0 Å². The van der Waals surface area contributed by atoms with Crippen molar-refractivity contribution in [1.82, 2.24) is 0 Å². The van der Waals surface area contributed by atoms with E-state index in [4.69, 9.17) is 4.42 Å². The van der Waals surface area contributed by atoms with E-state index in [1.807, 2.05) is 12.1 Å². The first-order valence-corrected chi connectivity index (χ1v) is 15.7. The summed E-state index contributed by atoms with van der Waals surface area (Å²) in [5.41, 5.74) is 9.90. The van der Waals surface area contributed by atoms with Crippen molar-refractivity contribution < 1.29 is 4.42 Å². The van der Waals surface area contributed by atoms with Crippen LogP contribution in [-0.4, -0.2) is 0 Å². The predicted molar refractivity (Wildman–Crippen MR) is 194 cm³/mol. The smallest absolute Gasteiger partial charge is 0.135 e. The predicted octanol–water partition coefficient (Wildman–Crippen LogP) is 12.7. The molecule has 0 radical (unpaired) electrons. The first-order valence-electron chi connectivity index (χ1n) is 15.7. The van der Waals surface area contributed by atoms with Crippen molar-refractivity contribution in [2.24, 2.45) is 0 Å². The minimum atomic E-state index is 0.908. The van der Waals surface area contributed by atoms with Gasteiger partial charge in [0.25, 0.3) is 0 Å². The Morgan fingerprint density at radius 1 is 0.326 bits per heavy atom. The maximum atomic E-state index is 6.11. The number of rotatable bonds is 5. The van der Waals surface area contributed by atoms with Crippen LogP contribution in [0.3, 0.4) is 0 Å². The van der Waals surface area contributed by atoms with E-state index in [-0.39, 0.29) is 0 Å². The van der Waals surface area contributed by atoms with Crippen LogP contribution in [0.25, 0.3) is 65.7 Å². The van der Waals surface area contributed by atoms with Gasteiger partial charge >= 0.3 is 0 Å². The van der Waals surface area contributed by atoms with Gasteiger partial charge in [-0.25, -0.2) is 0 Å². The molecule has 216 valence electrons. The molecule has 0 N–H and O–H groups in total. The van der Waals surface area contributed by atoms with Gasteiger partial charge in [0.05, 0.1) is 0 Å². The van der Waals surface area contributed by atoms with E-state index >= 15 is 0 Å². The lowest BCUT2D eigenvalue weighted by Crippen LogP contribution is -2.10. The Hall–Kier alpha value is -6.12. The van der Waals surface area contributed by atoms with Gasteiger partial charge in [-0.3, -0.25) is 0 Å². The fraction of sp³-hybridized carbons (Fsp3) is 0. The third-order valence-electron chi connectivity index (χ3n) is 9.03. The van der Waals surface area contributed by atoms with Gasteiger partial charge in [-0.05, 0) is 98.4 Å². The third-order valence-corrected chi connectivity index (χ3v) is 9.03. The second kappa shape index (κ2) is 10.8. The largest absolute Gasteiger partial charge is 0.456 e. The molecule has 9 aromatic rings. The zero-order valence-corrected chi connectivity index (χ0v) is 25.1. The maximum Gasteiger partial charge on any atom is 0.135 e. The minimum Gasteiger partial charge on any atom is -0.456 e. The quantitative estimate of drug-likeness (QED) is 0.199. The van der Waals surface area contributed by atoms with Crippen molar-refractivity contribution >= 4 is 60.5 Å². The molecule has 2 nitrogen and oxygen atoms in total. The van der Waals surface area contributed by atoms with Crippen molar-refractivity contribution in [2.45, 2.75) is 0 Å². The molecule has 9 rings (SSSR count). The van der Waals surface area contributed by atoms with E-state index in [9.17, 15) is 0 Å². The van der Waals surface area contributed by atoms with E-state index in [1.54, 1.807) is 0 Å². The highest BCUT2D eigenvalue weighted by Gasteiger charge is 2.16. The molecule has 0 spiro atoms. The second-order valence-electron chi connectivity index (χ2n) is 11.8. The molecule has 0 saturated carbocycles. The van der Waals surface area contributed by atoms with Crippen LogP contribution in [0.15, 0.2) is 180 Å². The van der Waals surface area contributed by atoms with E-state index in [0.717, 1.165) is 50.1 Å². The van der Waals surface area contributed by atoms with Crippen LogP contribution in [0, 0.1) is 0 Å². The minimum absolute atomic E-state index is 0.908. The van der Waals surface area contributed by atoms with Crippen LogP contribution >= 0.6 is 0 Å². The number of fused-ring (bicyclic) bond motifs is 5. The molecule has 0 fully saturated rings. The van der Waals surface area contributed by atoms with Gasteiger partial charge < -0.3 is 9.32 Å². The molecule has 0 aliphatic heterocycles. The van der Waals surface area contributed by atoms with Crippen molar-refractivity contribution in [3.05, 3.63) is 176 Å². The molecular formula is C44H29NO. The van der Waals surface area contributed by atoms with E-state index in [0.29, 0.717) is 0 Å². The van der Waals surface area contributed by atoms with Crippen LogP contribution in [0.4, 0.5) is 17.1 Å². The van der Waals surface area contributed by atoms with Gasteiger partial charge in [-0.15, -0.1) is 0 Å². The summed E-state index contributed by atoms with van der Waals surface area (Å²) in [6, 6.07) is 62.9. The normalized spacial score (nSPS) is 11.5. The van der Waals surface area contributed by atoms with Crippen LogP contribution in [-0.2, 0) is 0 Å². The van der Waals surface area contributed by atoms with Crippen molar-refractivity contribution in [2.75, 3.05) is 4.90 Å². The summed E-state index contributed by atoms with van der Waals surface area (Å²) < 4.78 is 6.11. The maximum absolute atomic E-state index is 6.11. The Morgan fingerprint density at radius 3 is 1.85 bits per heavy atom. The summed E-state index contributed by atoms with van der Waals surface area (Å²) in [7, 11) is 0. The summed E-state index contributed by atoms with van der Waals surface area (Å²) in [6.45, 7) is 0. The molecule has 0 aliphatic carbocycles. The molecule has 46 heavy (non-hydrogen) atoms. The van der Waals surface area contributed by atoms with Gasteiger partial charge in [0.2, 0.25) is 0 Å². The Labute approximate surface area is 267 Å². The number of hydrogen-bond donors (Lipinski definition) is 0. The molecule has 0 aliphatic rings. The Morgan fingerprint density at radius 2 is 0.957 bits per heavy atom. The first-order chi connectivity index (χ1) is 22.8. The zero-order valence-electron chi connectivity index (χ0n) is 25.1. The summed E-state index contributed by atoms with van der Waals surface area (Å²) >= 11 is 0.